The van der Waals surface area contributed by atoms with E-state index in [2.05, 4.69) is 15.1 Å². The molecule has 25 heavy (non-hydrogen) atoms. The van der Waals surface area contributed by atoms with Crippen molar-refractivity contribution in [2.75, 3.05) is 0 Å². The molecule has 1 unspecified atom stereocenters. The average molecular weight is 350 g/mol. The van der Waals surface area contributed by atoms with E-state index in [0.29, 0.717) is 11.6 Å². The fraction of sp³-hybridized carbons (Fsp3) is 0.222. The number of hydrogen-bond donors (Lipinski definition) is 1. The van der Waals surface area contributed by atoms with Crippen LogP contribution in [0.5, 0.6) is 0 Å². The fourth-order valence-electron chi connectivity index (χ4n) is 2.90. The van der Waals surface area contributed by atoms with Gasteiger partial charge in [0.2, 0.25) is 0 Å². The molecule has 4 aromatic rings. The normalized spacial score (nSPS) is 12.6. The summed E-state index contributed by atoms with van der Waals surface area (Å²) < 4.78 is 3.71. The molecule has 0 saturated carbocycles. The number of aromatic nitrogens is 6. The highest BCUT2D eigenvalue weighted by atomic mass is 32.1. The summed E-state index contributed by atoms with van der Waals surface area (Å²) >= 11 is 4.73. The number of imidazole rings is 1. The molecule has 3 aromatic heterocycles. The first kappa shape index (κ1) is 15.8. The van der Waals surface area contributed by atoms with Crippen molar-refractivity contribution in [3.05, 3.63) is 65.6 Å². The smallest absolute Gasteiger partial charge is 0.252 e. The first-order valence-corrected chi connectivity index (χ1v) is 8.52. The lowest BCUT2D eigenvalue weighted by molar-refractivity contribution is 0.777. The number of hydrogen-bond acceptors (Lipinski definition) is 5. The highest BCUT2D eigenvalue weighted by Crippen LogP contribution is 2.28. The molecule has 4 rings (SSSR count). The molecule has 0 amide bonds. The van der Waals surface area contributed by atoms with Crippen LogP contribution < -0.4 is 0 Å². The zero-order valence-corrected chi connectivity index (χ0v) is 15.1. The van der Waals surface area contributed by atoms with Gasteiger partial charge in [-0.15, -0.1) is 5.10 Å². The van der Waals surface area contributed by atoms with Gasteiger partial charge in [-0.05, 0) is 19.9 Å². The molecule has 0 aliphatic heterocycles. The summed E-state index contributed by atoms with van der Waals surface area (Å²) in [5.41, 5.74) is 3.89. The Hall–Kier alpha value is -2.67. The Bertz CT molecular complexity index is 1050. The molecule has 0 N–H and O–H groups in total. The van der Waals surface area contributed by atoms with Crippen molar-refractivity contribution in [1.82, 2.24) is 29.1 Å². The Morgan fingerprint density at radius 1 is 1.04 bits per heavy atom. The van der Waals surface area contributed by atoms with Crippen LogP contribution in [0.25, 0.3) is 17.0 Å². The standard InChI is InChI=1S/C18H18N6S/c1-11-9-12(2)24-18(19-11)21-16(22-24)15(25)17-20-14(10-23(17)3)13-7-5-4-6-8-13/h4-10,15,25H,1-3H3. The van der Waals surface area contributed by atoms with Crippen LogP contribution in [0.1, 0.15) is 28.3 Å². The second kappa shape index (κ2) is 6.00. The second-order valence-electron chi connectivity index (χ2n) is 6.08. The van der Waals surface area contributed by atoms with Crippen LogP contribution in [0.15, 0.2) is 42.6 Å². The average Bonchev–Trinajstić information content (AvgIpc) is 3.19. The highest BCUT2D eigenvalue weighted by Gasteiger charge is 2.22. The number of fused-ring (bicyclic) bond motifs is 1. The summed E-state index contributed by atoms with van der Waals surface area (Å²) in [4.78, 5) is 13.7. The van der Waals surface area contributed by atoms with Gasteiger partial charge in [0.1, 0.15) is 11.1 Å². The van der Waals surface area contributed by atoms with Gasteiger partial charge in [-0.25, -0.2) is 14.5 Å². The Kier molecular flexibility index (Phi) is 3.80. The van der Waals surface area contributed by atoms with E-state index in [1.165, 1.54) is 0 Å². The topological polar surface area (TPSA) is 60.9 Å². The molecule has 1 aromatic carbocycles. The lowest BCUT2D eigenvalue weighted by Crippen LogP contribution is -2.04. The molecule has 7 heteroatoms. The van der Waals surface area contributed by atoms with Gasteiger partial charge in [0.05, 0.1) is 5.69 Å². The van der Waals surface area contributed by atoms with Gasteiger partial charge in [0.25, 0.3) is 5.78 Å². The van der Waals surface area contributed by atoms with Crippen LogP contribution in [0, 0.1) is 13.8 Å². The van der Waals surface area contributed by atoms with E-state index in [1.807, 2.05) is 68.1 Å². The van der Waals surface area contributed by atoms with Gasteiger partial charge in [0, 0.05) is 30.2 Å². The Labute approximate surface area is 151 Å². The van der Waals surface area contributed by atoms with E-state index >= 15 is 0 Å². The van der Waals surface area contributed by atoms with Crippen molar-refractivity contribution >= 4 is 18.4 Å². The molecule has 0 fully saturated rings. The minimum atomic E-state index is -0.330. The maximum Gasteiger partial charge on any atom is 0.252 e. The predicted molar refractivity (Wildman–Crippen MR) is 99.7 cm³/mol. The lowest BCUT2D eigenvalue weighted by atomic mass is 10.2. The zero-order chi connectivity index (χ0) is 17.6. The number of benzene rings is 1. The van der Waals surface area contributed by atoms with Crippen molar-refractivity contribution in [1.29, 1.82) is 0 Å². The van der Waals surface area contributed by atoms with Crippen molar-refractivity contribution in [2.24, 2.45) is 7.05 Å². The lowest BCUT2D eigenvalue weighted by Gasteiger charge is -2.05. The van der Waals surface area contributed by atoms with Gasteiger partial charge in [-0.2, -0.15) is 17.6 Å². The minimum Gasteiger partial charge on any atom is -0.336 e. The van der Waals surface area contributed by atoms with Crippen LogP contribution in [-0.4, -0.2) is 29.1 Å². The maximum absolute atomic E-state index is 4.74. The maximum atomic E-state index is 4.74. The highest BCUT2D eigenvalue weighted by molar-refractivity contribution is 7.80. The number of aryl methyl sites for hydroxylation is 3. The number of rotatable bonds is 3. The van der Waals surface area contributed by atoms with Crippen molar-refractivity contribution in [2.45, 2.75) is 19.1 Å². The molecule has 0 saturated heterocycles. The molecule has 0 bridgehead atoms. The van der Waals surface area contributed by atoms with E-state index in [9.17, 15) is 0 Å². The molecule has 0 spiro atoms. The summed E-state index contributed by atoms with van der Waals surface area (Å²) in [6.45, 7) is 3.94. The molecule has 1 atom stereocenters. The molecular formula is C18H18N6S. The Morgan fingerprint density at radius 2 is 1.80 bits per heavy atom. The molecule has 0 aliphatic carbocycles. The molecule has 6 nitrogen and oxygen atoms in total. The van der Waals surface area contributed by atoms with Crippen LogP contribution in [0.4, 0.5) is 0 Å². The molecule has 126 valence electrons. The molecule has 0 radical (unpaired) electrons. The Balaban J connectivity index is 1.75. The summed E-state index contributed by atoms with van der Waals surface area (Å²) in [7, 11) is 1.96. The third-order valence-corrected chi connectivity index (χ3v) is 4.57. The number of nitrogens with zero attached hydrogens (tertiary/aromatic N) is 6. The van der Waals surface area contributed by atoms with Crippen LogP contribution in [0.3, 0.4) is 0 Å². The van der Waals surface area contributed by atoms with Gasteiger partial charge in [-0.3, -0.25) is 0 Å². The summed E-state index contributed by atoms with van der Waals surface area (Å²) in [5.74, 6) is 1.98. The first-order valence-electron chi connectivity index (χ1n) is 8.00. The van der Waals surface area contributed by atoms with Crippen molar-refractivity contribution in [3.8, 4) is 11.3 Å². The minimum absolute atomic E-state index is 0.330. The quantitative estimate of drug-likeness (QED) is 0.577. The van der Waals surface area contributed by atoms with Crippen LogP contribution >= 0.6 is 12.6 Å². The SMILES string of the molecule is Cc1cc(C)n2nc(C(S)c3nc(-c4ccccc4)cn3C)nc2n1. The second-order valence-corrected chi connectivity index (χ2v) is 6.60. The number of thiol groups is 1. The van der Waals surface area contributed by atoms with E-state index in [1.54, 1.807) is 4.52 Å². The van der Waals surface area contributed by atoms with Crippen LogP contribution in [-0.2, 0) is 7.05 Å². The molecule has 3 heterocycles. The van der Waals surface area contributed by atoms with E-state index in [0.717, 1.165) is 28.5 Å². The summed E-state index contributed by atoms with van der Waals surface area (Å²) in [6.07, 6.45) is 2.00. The van der Waals surface area contributed by atoms with Crippen molar-refractivity contribution < 1.29 is 0 Å². The van der Waals surface area contributed by atoms with Gasteiger partial charge >= 0.3 is 0 Å². The van der Waals surface area contributed by atoms with Crippen molar-refractivity contribution in [3.63, 3.8) is 0 Å². The monoisotopic (exact) mass is 350 g/mol. The summed E-state index contributed by atoms with van der Waals surface area (Å²) in [5, 5.41) is 4.24. The van der Waals surface area contributed by atoms with E-state index < -0.39 is 0 Å². The van der Waals surface area contributed by atoms with Gasteiger partial charge in [-0.1, -0.05) is 30.3 Å². The third kappa shape index (κ3) is 2.80. The largest absolute Gasteiger partial charge is 0.336 e. The van der Waals surface area contributed by atoms with E-state index in [4.69, 9.17) is 17.6 Å². The molecular weight excluding hydrogens is 332 g/mol. The first-order chi connectivity index (χ1) is 12.0. The third-order valence-electron chi connectivity index (χ3n) is 4.11. The van der Waals surface area contributed by atoms with Crippen LogP contribution in [0.2, 0.25) is 0 Å². The van der Waals surface area contributed by atoms with Gasteiger partial charge in [0.15, 0.2) is 5.82 Å². The predicted octanol–water partition coefficient (Wildman–Crippen LogP) is 3.16. The van der Waals surface area contributed by atoms with Gasteiger partial charge < -0.3 is 4.57 Å². The summed E-state index contributed by atoms with van der Waals surface area (Å²) in [6, 6.07) is 12.1. The molecule has 0 aliphatic rings. The fourth-order valence-corrected chi connectivity index (χ4v) is 3.25. The van der Waals surface area contributed by atoms with E-state index in [-0.39, 0.29) is 5.25 Å². The Morgan fingerprint density at radius 3 is 2.56 bits per heavy atom. The zero-order valence-electron chi connectivity index (χ0n) is 14.2.